The zero-order valence-electron chi connectivity index (χ0n) is 14.0. The molecule has 122 valence electrons. The van der Waals surface area contributed by atoms with E-state index in [2.05, 4.69) is 30.6 Å². The predicted octanol–water partition coefficient (Wildman–Crippen LogP) is 3.81. The van der Waals surface area contributed by atoms with Gasteiger partial charge in [-0.15, -0.1) is 0 Å². The van der Waals surface area contributed by atoms with Crippen molar-refractivity contribution < 1.29 is 0 Å². The van der Waals surface area contributed by atoms with E-state index in [1.807, 2.05) is 63.2 Å². The van der Waals surface area contributed by atoms with Gasteiger partial charge < -0.3 is 10.6 Å². The van der Waals surface area contributed by atoms with Crippen molar-refractivity contribution in [2.45, 2.75) is 26.8 Å². The Kier molecular flexibility index (Phi) is 4.65. The summed E-state index contributed by atoms with van der Waals surface area (Å²) in [6, 6.07) is 13.9. The summed E-state index contributed by atoms with van der Waals surface area (Å²) in [5.74, 6) is 1.55. The summed E-state index contributed by atoms with van der Waals surface area (Å²) < 4.78 is 0. The van der Waals surface area contributed by atoms with Crippen LogP contribution in [0.5, 0.6) is 0 Å². The van der Waals surface area contributed by atoms with E-state index >= 15 is 0 Å². The van der Waals surface area contributed by atoms with Crippen LogP contribution in [0.2, 0.25) is 0 Å². The lowest BCUT2D eigenvalue weighted by Crippen LogP contribution is -2.14. The van der Waals surface area contributed by atoms with Gasteiger partial charge in [-0.3, -0.25) is 4.98 Å². The van der Waals surface area contributed by atoms with E-state index in [0.29, 0.717) is 17.7 Å². The van der Waals surface area contributed by atoms with Gasteiger partial charge in [-0.05, 0) is 50.6 Å². The quantitative estimate of drug-likeness (QED) is 0.744. The maximum absolute atomic E-state index is 4.51. The fraction of sp³-hybridized carbons (Fsp3) is 0.222. The first-order valence-corrected chi connectivity index (χ1v) is 7.88. The van der Waals surface area contributed by atoms with Gasteiger partial charge in [-0.1, -0.05) is 18.2 Å². The van der Waals surface area contributed by atoms with Gasteiger partial charge in [0.25, 0.3) is 0 Å². The molecule has 0 spiro atoms. The Bertz CT molecular complexity index is 817. The Morgan fingerprint density at radius 1 is 0.917 bits per heavy atom. The van der Waals surface area contributed by atoms with Crippen LogP contribution in [0, 0.1) is 6.92 Å². The summed E-state index contributed by atoms with van der Waals surface area (Å²) in [7, 11) is 0. The van der Waals surface area contributed by atoms with Crippen LogP contribution in [0.15, 0.2) is 48.7 Å². The number of benzene rings is 1. The molecule has 3 rings (SSSR count). The lowest BCUT2D eigenvalue weighted by atomic mass is 10.2. The van der Waals surface area contributed by atoms with Crippen LogP contribution >= 0.6 is 0 Å². The number of nitrogens with one attached hydrogen (secondary N) is 2. The summed E-state index contributed by atoms with van der Waals surface area (Å²) in [4.78, 5) is 17.8. The van der Waals surface area contributed by atoms with Crippen LogP contribution in [0.1, 0.15) is 19.4 Å². The molecule has 0 saturated heterocycles. The molecule has 0 bridgehead atoms. The smallest absolute Gasteiger partial charge is 0.232 e. The number of anilines is 3. The highest BCUT2D eigenvalue weighted by Gasteiger charge is 2.11. The van der Waals surface area contributed by atoms with E-state index in [1.165, 1.54) is 0 Å². The fourth-order valence-electron chi connectivity index (χ4n) is 2.18. The number of hydrogen-bond donors (Lipinski definition) is 2. The summed E-state index contributed by atoms with van der Waals surface area (Å²) >= 11 is 0. The summed E-state index contributed by atoms with van der Waals surface area (Å²) in [6.07, 6.45) is 1.76. The molecule has 0 aliphatic rings. The van der Waals surface area contributed by atoms with Crippen molar-refractivity contribution in [1.29, 1.82) is 0 Å². The lowest BCUT2D eigenvalue weighted by Gasteiger charge is -2.12. The van der Waals surface area contributed by atoms with E-state index < -0.39 is 0 Å². The van der Waals surface area contributed by atoms with Gasteiger partial charge in [-0.2, -0.15) is 15.0 Å². The molecule has 0 fully saturated rings. The molecule has 24 heavy (non-hydrogen) atoms. The largest absolute Gasteiger partial charge is 0.352 e. The Balaban J connectivity index is 2.00. The molecule has 2 N–H and O–H groups in total. The van der Waals surface area contributed by atoms with E-state index in [-0.39, 0.29) is 6.04 Å². The van der Waals surface area contributed by atoms with Crippen LogP contribution in [0.3, 0.4) is 0 Å². The lowest BCUT2D eigenvalue weighted by molar-refractivity contribution is 0.868. The second-order valence-electron chi connectivity index (χ2n) is 5.81. The average molecular weight is 320 g/mol. The van der Waals surface area contributed by atoms with Crippen LogP contribution < -0.4 is 10.6 Å². The highest BCUT2D eigenvalue weighted by atomic mass is 15.2. The molecule has 0 unspecified atom stereocenters. The first kappa shape index (κ1) is 15.9. The molecule has 2 heterocycles. The molecule has 0 aliphatic carbocycles. The first-order chi connectivity index (χ1) is 11.6. The zero-order valence-corrected chi connectivity index (χ0v) is 14.0. The predicted molar refractivity (Wildman–Crippen MR) is 96.3 cm³/mol. The topological polar surface area (TPSA) is 75.6 Å². The molecule has 2 aromatic heterocycles. The molecular formula is C18H20N6. The molecule has 0 atom stereocenters. The Morgan fingerprint density at radius 3 is 2.38 bits per heavy atom. The maximum atomic E-state index is 4.51. The number of aromatic nitrogens is 4. The Morgan fingerprint density at radius 2 is 1.67 bits per heavy atom. The van der Waals surface area contributed by atoms with Crippen molar-refractivity contribution in [2.75, 3.05) is 10.6 Å². The van der Waals surface area contributed by atoms with Crippen LogP contribution in [0.4, 0.5) is 17.6 Å². The Hall–Kier alpha value is -3.02. The second-order valence-corrected chi connectivity index (χ2v) is 5.81. The maximum Gasteiger partial charge on any atom is 0.232 e. The van der Waals surface area contributed by atoms with Gasteiger partial charge in [0.15, 0.2) is 5.82 Å². The van der Waals surface area contributed by atoms with Gasteiger partial charge in [0.1, 0.15) is 5.69 Å². The minimum Gasteiger partial charge on any atom is -0.352 e. The molecule has 1 aromatic carbocycles. The number of pyridine rings is 1. The second kappa shape index (κ2) is 7.04. The van der Waals surface area contributed by atoms with Gasteiger partial charge in [0.2, 0.25) is 11.9 Å². The molecule has 6 heteroatoms. The molecule has 6 nitrogen and oxygen atoms in total. The highest BCUT2D eigenvalue weighted by molar-refractivity contribution is 5.59. The van der Waals surface area contributed by atoms with Crippen molar-refractivity contribution in [2.24, 2.45) is 0 Å². The minimum absolute atomic E-state index is 0.218. The van der Waals surface area contributed by atoms with E-state index in [4.69, 9.17) is 0 Å². The number of para-hydroxylation sites is 1. The molecule has 0 radical (unpaired) electrons. The highest BCUT2D eigenvalue weighted by Crippen LogP contribution is 2.19. The third kappa shape index (κ3) is 4.04. The van der Waals surface area contributed by atoms with Crippen molar-refractivity contribution in [1.82, 2.24) is 19.9 Å². The van der Waals surface area contributed by atoms with Gasteiger partial charge in [0, 0.05) is 17.9 Å². The molecular weight excluding hydrogens is 300 g/mol. The van der Waals surface area contributed by atoms with Crippen LogP contribution in [0.25, 0.3) is 11.5 Å². The minimum atomic E-state index is 0.218. The third-order valence-electron chi connectivity index (χ3n) is 3.23. The monoisotopic (exact) mass is 320 g/mol. The van der Waals surface area contributed by atoms with Crippen molar-refractivity contribution in [3.63, 3.8) is 0 Å². The zero-order chi connectivity index (χ0) is 16.9. The fourth-order valence-corrected chi connectivity index (χ4v) is 2.18. The van der Waals surface area contributed by atoms with Crippen LogP contribution in [-0.2, 0) is 0 Å². The molecule has 0 aliphatic heterocycles. The SMILES string of the molecule is Cc1ccnc(-c2nc(Nc3ccccc3)nc(NC(C)C)n2)c1. The average Bonchev–Trinajstić information content (AvgIpc) is 2.55. The van der Waals surface area contributed by atoms with E-state index in [0.717, 1.165) is 16.9 Å². The van der Waals surface area contributed by atoms with Crippen LogP contribution in [-0.4, -0.2) is 26.0 Å². The summed E-state index contributed by atoms with van der Waals surface area (Å²) in [5.41, 5.74) is 2.75. The van der Waals surface area contributed by atoms with Gasteiger partial charge in [-0.25, -0.2) is 0 Å². The number of hydrogen-bond acceptors (Lipinski definition) is 6. The standard InChI is InChI=1S/C18H20N6/c1-12(2)20-17-22-16(15-11-13(3)9-10-19-15)23-18(24-17)21-14-7-5-4-6-8-14/h4-12H,1-3H3,(H2,20,21,22,23,24). The van der Waals surface area contributed by atoms with E-state index in [1.54, 1.807) is 6.20 Å². The van der Waals surface area contributed by atoms with Gasteiger partial charge in [0.05, 0.1) is 0 Å². The normalized spacial score (nSPS) is 10.7. The number of aryl methyl sites for hydroxylation is 1. The Labute approximate surface area is 141 Å². The van der Waals surface area contributed by atoms with Crippen molar-refractivity contribution in [3.8, 4) is 11.5 Å². The molecule has 0 amide bonds. The van der Waals surface area contributed by atoms with Crippen molar-refractivity contribution >= 4 is 17.6 Å². The molecule has 3 aromatic rings. The first-order valence-electron chi connectivity index (χ1n) is 7.88. The van der Waals surface area contributed by atoms with Crippen molar-refractivity contribution in [3.05, 3.63) is 54.2 Å². The summed E-state index contributed by atoms with van der Waals surface area (Å²) in [5, 5.41) is 6.44. The van der Waals surface area contributed by atoms with Gasteiger partial charge >= 0.3 is 0 Å². The number of rotatable bonds is 5. The molecule has 0 saturated carbocycles. The van der Waals surface area contributed by atoms with E-state index in [9.17, 15) is 0 Å². The third-order valence-corrected chi connectivity index (χ3v) is 3.23. The number of nitrogens with zero attached hydrogens (tertiary/aromatic N) is 4. The summed E-state index contributed by atoms with van der Waals surface area (Å²) in [6.45, 7) is 6.10.